The minimum absolute atomic E-state index is 0.0977. The molecule has 0 radical (unpaired) electrons. The predicted octanol–water partition coefficient (Wildman–Crippen LogP) is 2.48. The van der Waals surface area contributed by atoms with Gasteiger partial charge in [-0.05, 0) is 35.8 Å². The lowest BCUT2D eigenvalue weighted by Gasteiger charge is -2.18. The molecule has 8 heteroatoms. The van der Waals surface area contributed by atoms with Gasteiger partial charge in [-0.25, -0.2) is 15.0 Å². The van der Waals surface area contributed by atoms with E-state index in [4.69, 9.17) is 5.73 Å². The summed E-state index contributed by atoms with van der Waals surface area (Å²) in [7, 11) is 0. The molecule has 0 bridgehead atoms. The van der Waals surface area contributed by atoms with E-state index < -0.39 is 5.60 Å². The third-order valence-corrected chi connectivity index (χ3v) is 3.91. The van der Waals surface area contributed by atoms with Crippen LogP contribution < -0.4 is 5.73 Å². The molecule has 0 saturated carbocycles. The third-order valence-electron chi connectivity index (χ3n) is 3.47. The summed E-state index contributed by atoms with van der Waals surface area (Å²) in [6, 6.07) is 3.94. The standard InChI is InChI=1S/C16H15BrN6O/c1-16(2,24)8-23-7-11(10-3-13(17)20-6-12(10)23)14-9(4-18)5-21-15(19)22-14/h3,5-7,24H,8H2,1-2H3,(H2,19,21,22). The maximum atomic E-state index is 10.2. The molecule has 0 amide bonds. The van der Waals surface area contributed by atoms with Crippen molar-refractivity contribution in [2.45, 2.75) is 26.0 Å². The van der Waals surface area contributed by atoms with E-state index in [0.717, 1.165) is 16.5 Å². The molecule has 3 heterocycles. The molecule has 0 saturated heterocycles. The number of rotatable bonds is 3. The molecule has 3 aromatic rings. The molecule has 0 aliphatic rings. The first-order valence-corrected chi connectivity index (χ1v) is 7.97. The van der Waals surface area contributed by atoms with Crippen molar-refractivity contribution in [3.63, 3.8) is 0 Å². The topological polar surface area (TPSA) is 114 Å². The highest BCUT2D eigenvalue weighted by Crippen LogP contribution is 2.33. The molecule has 0 atom stereocenters. The van der Waals surface area contributed by atoms with Gasteiger partial charge >= 0.3 is 0 Å². The molecule has 24 heavy (non-hydrogen) atoms. The minimum atomic E-state index is -0.904. The maximum absolute atomic E-state index is 10.2. The van der Waals surface area contributed by atoms with E-state index in [1.807, 2.05) is 16.8 Å². The molecule has 3 aromatic heterocycles. The molecule has 0 spiro atoms. The van der Waals surface area contributed by atoms with E-state index in [9.17, 15) is 10.4 Å². The van der Waals surface area contributed by atoms with E-state index in [2.05, 4.69) is 37.0 Å². The molecule has 0 unspecified atom stereocenters. The predicted molar refractivity (Wildman–Crippen MR) is 93.9 cm³/mol. The van der Waals surface area contributed by atoms with Crippen molar-refractivity contribution >= 4 is 32.8 Å². The van der Waals surface area contributed by atoms with Gasteiger partial charge in [-0.1, -0.05) is 0 Å². The summed E-state index contributed by atoms with van der Waals surface area (Å²) in [5.74, 6) is 0.0977. The van der Waals surface area contributed by atoms with Crippen LogP contribution in [-0.4, -0.2) is 30.2 Å². The summed E-state index contributed by atoms with van der Waals surface area (Å²) in [4.78, 5) is 12.4. The van der Waals surface area contributed by atoms with Gasteiger partial charge in [-0.15, -0.1) is 0 Å². The first-order chi connectivity index (χ1) is 11.3. The van der Waals surface area contributed by atoms with Crippen LogP contribution in [0.4, 0.5) is 5.95 Å². The van der Waals surface area contributed by atoms with Crippen LogP contribution in [0.5, 0.6) is 0 Å². The monoisotopic (exact) mass is 386 g/mol. The summed E-state index contributed by atoms with van der Waals surface area (Å²) in [5.41, 5.74) is 7.16. The second-order valence-electron chi connectivity index (χ2n) is 6.11. The maximum Gasteiger partial charge on any atom is 0.220 e. The Bertz CT molecular complexity index is 967. The van der Waals surface area contributed by atoms with Crippen LogP contribution in [0.25, 0.3) is 22.2 Å². The highest BCUT2D eigenvalue weighted by Gasteiger charge is 2.20. The zero-order valence-corrected chi connectivity index (χ0v) is 14.7. The molecule has 7 nitrogen and oxygen atoms in total. The van der Waals surface area contributed by atoms with E-state index in [1.165, 1.54) is 6.20 Å². The van der Waals surface area contributed by atoms with Crippen LogP contribution in [-0.2, 0) is 6.54 Å². The van der Waals surface area contributed by atoms with Gasteiger partial charge in [0, 0.05) is 17.1 Å². The third kappa shape index (κ3) is 3.09. The largest absolute Gasteiger partial charge is 0.389 e. The van der Waals surface area contributed by atoms with E-state index in [0.29, 0.717) is 22.4 Å². The van der Waals surface area contributed by atoms with Crippen molar-refractivity contribution in [1.29, 1.82) is 5.26 Å². The van der Waals surface area contributed by atoms with Crippen LogP contribution in [0.1, 0.15) is 19.4 Å². The number of nitrogens with zero attached hydrogens (tertiary/aromatic N) is 5. The van der Waals surface area contributed by atoms with Gasteiger partial charge < -0.3 is 15.4 Å². The van der Waals surface area contributed by atoms with E-state index in [-0.39, 0.29) is 5.95 Å². The van der Waals surface area contributed by atoms with E-state index >= 15 is 0 Å². The Morgan fingerprint density at radius 2 is 2.12 bits per heavy atom. The van der Waals surface area contributed by atoms with Gasteiger partial charge in [-0.3, -0.25) is 0 Å². The van der Waals surface area contributed by atoms with Crippen LogP contribution in [0.15, 0.2) is 29.3 Å². The molecule has 122 valence electrons. The Labute approximate surface area is 146 Å². The Balaban J connectivity index is 2.31. The molecule has 0 fully saturated rings. The Morgan fingerprint density at radius 1 is 1.38 bits per heavy atom. The van der Waals surface area contributed by atoms with Gasteiger partial charge in [0.15, 0.2) is 0 Å². The summed E-state index contributed by atoms with van der Waals surface area (Å²) < 4.78 is 2.56. The summed E-state index contributed by atoms with van der Waals surface area (Å²) in [6.45, 7) is 3.83. The van der Waals surface area contributed by atoms with Gasteiger partial charge in [0.1, 0.15) is 10.7 Å². The van der Waals surface area contributed by atoms with Crippen LogP contribution >= 0.6 is 15.9 Å². The van der Waals surface area contributed by atoms with Crippen molar-refractivity contribution in [1.82, 2.24) is 19.5 Å². The highest BCUT2D eigenvalue weighted by atomic mass is 79.9. The zero-order valence-electron chi connectivity index (χ0n) is 13.2. The normalized spacial score (nSPS) is 11.6. The smallest absolute Gasteiger partial charge is 0.220 e. The number of pyridine rings is 1. The summed E-state index contributed by atoms with van der Waals surface area (Å²) in [5, 5.41) is 20.4. The molecular weight excluding hydrogens is 372 g/mol. The number of aliphatic hydroxyl groups is 1. The lowest BCUT2D eigenvalue weighted by atomic mass is 10.1. The number of anilines is 1. The number of halogens is 1. The lowest BCUT2D eigenvalue weighted by Crippen LogP contribution is -2.25. The van der Waals surface area contributed by atoms with Crippen molar-refractivity contribution in [2.24, 2.45) is 0 Å². The number of nitrogen functional groups attached to an aromatic ring is 1. The fraction of sp³-hybridized carbons (Fsp3) is 0.250. The Kier molecular flexibility index (Phi) is 3.99. The average molecular weight is 387 g/mol. The number of fused-ring (bicyclic) bond motifs is 1. The first kappa shape index (κ1) is 16.4. The zero-order chi connectivity index (χ0) is 17.5. The summed E-state index contributed by atoms with van der Waals surface area (Å²) in [6.07, 6.45) is 4.97. The Morgan fingerprint density at radius 3 is 2.79 bits per heavy atom. The molecule has 0 aromatic carbocycles. The number of nitrogens with two attached hydrogens (primary N) is 1. The van der Waals surface area contributed by atoms with E-state index in [1.54, 1.807) is 20.0 Å². The van der Waals surface area contributed by atoms with Crippen LogP contribution in [0.3, 0.4) is 0 Å². The van der Waals surface area contributed by atoms with Crippen molar-refractivity contribution in [2.75, 3.05) is 5.73 Å². The average Bonchev–Trinajstić information content (AvgIpc) is 2.83. The van der Waals surface area contributed by atoms with Crippen LogP contribution in [0, 0.1) is 11.3 Å². The molecule has 3 N–H and O–H groups in total. The SMILES string of the molecule is CC(C)(O)Cn1cc(-c2nc(N)ncc2C#N)c2cc(Br)ncc21. The minimum Gasteiger partial charge on any atom is -0.389 e. The molecule has 0 aliphatic carbocycles. The fourth-order valence-electron chi connectivity index (χ4n) is 2.58. The summed E-state index contributed by atoms with van der Waals surface area (Å²) >= 11 is 3.37. The fourth-order valence-corrected chi connectivity index (χ4v) is 2.91. The van der Waals surface area contributed by atoms with Gasteiger partial charge in [0.05, 0.1) is 41.3 Å². The molecular formula is C16H15BrN6O. The molecule has 0 aliphatic heterocycles. The van der Waals surface area contributed by atoms with Gasteiger partial charge in [-0.2, -0.15) is 5.26 Å². The van der Waals surface area contributed by atoms with Gasteiger partial charge in [0.2, 0.25) is 5.95 Å². The Hall–Kier alpha value is -2.50. The van der Waals surface area contributed by atoms with Crippen molar-refractivity contribution in [3.05, 3.63) is 34.8 Å². The second-order valence-corrected chi connectivity index (χ2v) is 6.92. The number of nitriles is 1. The number of hydrogen-bond donors (Lipinski definition) is 2. The number of hydrogen-bond acceptors (Lipinski definition) is 6. The van der Waals surface area contributed by atoms with Crippen molar-refractivity contribution < 1.29 is 5.11 Å². The second kappa shape index (κ2) is 5.85. The van der Waals surface area contributed by atoms with Gasteiger partial charge in [0.25, 0.3) is 0 Å². The molecule has 3 rings (SSSR count). The first-order valence-electron chi connectivity index (χ1n) is 7.18. The quantitative estimate of drug-likeness (QED) is 0.668. The lowest BCUT2D eigenvalue weighted by molar-refractivity contribution is 0.0628. The van der Waals surface area contributed by atoms with Crippen molar-refractivity contribution in [3.8, 4) is 17.3 Å². The highest BCUT2D eigenvalue weighted by molar-refractivity contribution is 9.10. The number of aromatic nitrogens is 4. The van der Waals surface area contributed by atoms with Crippen LogP contribution in [0.2, 0.25) is 0 Å².